The van der Waals surface area contributed by atoms with Crippen molar-refractivity contribution in [2.45, 2.75) is 19.3 Å². The lowest BCUT2D eigenvalue weighted by Gasteiger charge is -2.33. The molecule has 10 aromatic rings. The first-order chi connectivity index (χ1) is 31.5. The highest BCUT2D eigenvalue weighted by Gasteiger charge is 2.36. The van der Waals surface area contributed by atoms with Crippen molar-refractivity contribution in [1.29, 1.82) is 0 Å². The van der Waals surface area contributed by atoms with Gasteiger partial charge in [-0.15, -0.1) is 0 Å². The fraction of sp³-hybridized carbons (Fsp3) is 0.0492. The SMILES string of the molecule is CC1(C)c2ccccc2-c2ccc(N(c3ccccc3)c3cccc4c3-c3cccc5c(N(c6ccc(-c7ccccc7)cc6)c6ccc(-c7ccccc7)cc6)ccc(c35)O4)cc21. The van der Waals surface area contributed by atoms with E-state index < -0.39 is 0 Å². The first-order valence-electron chi connectivity index (χ1n) is 22.1. The van der Waals surface area contributed by atoms with Gasteiger partial charge >= 0.3 is 0 Å². The molecule has 0 amide bonds. The van der Waals surface area contributed by atoms with Crippen LogP contribution in [0.4, 0.5) is 34.1 Å². The van der Waals surface area contributed by atoms with Crippen LogP contribution in [0.5, 0.6) is 11.5 Å². The molecule has 1 heterocycles. The molecule has 0 unspecified atom stereocenters. The Hall–Kier alpha value is -8.14. The number of fused-ring (bicyclic) bond motifs is 5. The van der Waals surface area contributed by atoms with Gasteiger partial charge in [0.05, 0.1) is 11.4 Å². The molecule has 0 N–H and O–H groups in total. The van der Waals surface area contributed by atoms with Gasteiger partial charge in [0.1, 0.15) is 11.5 Å². The van der Waals surface area contributed by atoms with E-state index in [4.69, 9.17) is 4.74 Å². The van der Waals surface area contributed by atoms with E-state index in [0.717, 1.165) is 67.5 Å². The quantitative estimate of drug-likeness (QED) is 0.152. The Labute approximate surface area is 374 Å². The predicted molar refractivity (Wildman–Crippen MR) is 267 cm³/mol. The molecule has 0 atom stereocenters. The van der Waals surface area contributed by atoms with E-state index in [0.29, 0.717) is 0 Å². The number of ether oxygens (including phenoxy) is 1. The molecule has 0 saturated heterocycles. The summed E-state index contributed by atoms with van der Waals surface area (Å²) in [5.41, 5.74) is 18.6. The maximum atomic E-state index is 6.99. The van der Waals surface area contributed by atoms with Crippen LogP contribution in [0.1, 0.15) is 25.0 Å². The van der Waals surface area contributed by atoms with E-state index in [1.54, 1.807) is 0 Å². The smallest absolute Gasteiger partial charge is 0.137 e. The van der Waals surface area contributed by atoms with Gasteiger partial charge in [-0.2, -0.15) is 0 Å². The Morgan fingerprint density at radius 3 is 1.53 bits per heavy atom. The van der Waals surface area contributed by atoms with Gasteiger partial charge in [0.25, 0.3) is 0 Å². The van der Waals surface area contributed by atoms with Crippen molar-refractivity contribution in [3.05, 3.63) is 242 Å². The Bertz CT molecular complexity index is 3280. The molecule has 10 aromatic carbocycles. The second-order valence-corrected chi connectivity index (χ2v) is 17.3. The Balaban J connectivity index is 1.03. The minimum absolute atomic E-state index is 0.139. The summed E-state index contributed by atoms with van der Waals surface area (Å²) in [5, 5.41) is 2.20. The van der Waals surface area contributed by atoms with Gasteiger partial charge in [0, 0.05) is 44.5 Å². The molecule has 0 radical (unpaired) electrons. The standard InChI is InChI=1S/C61H44N2O/c1-61(2)53-25-13-12-22-49(53)50-37-36-48(40-54(50)61)63(45-20-10-5-11-21-45)56-26-15-27-57-60(56)52-24-14-23-51-55(38-39-58(64-57)59(51)52)62(46-32-28-43(29-33-46)41-16-6-3-7-17-41)47-34-30-44(31-35-47)42-18-8-4-9-19-42/h3-40H,1-2H3. The summed E-state index contributed by atoms with van der Waals surface area (Å²) in [6.45, 7) is 4.70. The summed E-state index contributed by atoms with van der Waals surface area (Å²) in [5.74, 6) is 1.69. The molecule has 304 valence electrons. The fourth-order valence-electron chi connectivity index (χ4n) is 10.2. The first kappa shape index (κ1) is 37.6. The zero-order valence-electron chi connectivity index (χ0n) is 35.7. The molecule has 0 spiro atoms. The number of anilines is 6. The van der Waals surface area contributed by atoms with Crippen molar-refractivity contribution < 1.29 is 4.74 Å². The van der Waals surface area contributed by atoms with Crippen LogP contribution in [-0.4, -0.2) is 0 Å². The summed E-state index contributed by atoms with van der Waals surface area (Å²) < 4.78 is 6.99. The Morgan fingerprint density at radius 1 is 0.344 bits per heavy atom. The molecule has 0 bridgehead atoms. The van der Waals surface area contributed by atoms with Crippen LogP contribution in [0.15, 0.2) is 231 Å². The Morgan fingerprint density at radius 2 is 0.859 bits per heavy atom. The summed E-state index contributed by atoms with van der Waals surface area (Å²) in [6, 6.07) is 83.1. The first-order valence-corrected chi connectivity index (χ1v) is 22.1. The van der Waals surface area contributed by atoms with Gasteiger partial charge in [-0.3, -0.25) is 0 Å². The maximum absolute atomic E-state index is 6.99. The molecule has 64 heavy (non-hydrogen) atoms. The van der Waals surface area contributed by atoms with Crippen LogP contribution < -0.4 is 14.5 Å². The number of hydrogen-bond acceptors (Lipinski definition) is 3. The predicted octanol–water partition coefficient (Wildman–Crippen LogP) is 17.2. The zero-order chi connectivity index (χ0) is 42.8. The molecule has 12 rings (SSSR count). The lowest BCUT2D eigenvalue weighted by atomic mass is 9.82. The third kappa shape index (κ3) is 6.12. The number of rotatable bonds is 8. The summed E-state index contributed by atoms with van der Waals surface area (Å²) in [7, 11) is 0. The van der Waals surface area contributed by atoms with Crippen LogP contribution in [0.3, 0.4) is 0 Å². The van der Waals surface area contributed by atoms with E-state index in [1.807, 2.05) is 0 Å². The van der Waals surface area contributed by atoms with Gasteiger partial charge in [0.2, 0.25) is 0 Å². The second kappa shape index (κ2) is 15.0. The average molecular weight is 821 g/mol. The maximum Gasteiger partial charge on any atom is 0.137 e. The number of hydrogen-bond donors (Lipinski definition) is 0. The van der Waals surface area contributed by atoms with E-state index in [-0.39, 0.29) is 5.41 Å². The molecular weight excluding hydrogens is 777 g/mol. The molecule has 2 aliphatic rings. The van der Waals surface area contributed by atoms with Gasteiger partial charge in [-0.05, 0) is 123 Å². The molecule has 0 saturated carbocycles. The summed E-state index contributed by atoms with van der Waals surface area (Å²) >= 11 is 0. The molecule has 0 fully saturated rings. The summed E-state index contributed by atoms with van der Waals surface area (Å²) in [4.78, 5) is 4.79. The highest BCUT2D eigenvalue weighted by atomic mass is 16.5. The monoisotopic (exact) mass is 820 g/mol. The largest absolute Gasteiger partial charge is 0.456 e. The molecule has 1 aliphatic carbocycles. The molecule has 3 heteroatoms. The van der Waals surface area contributed by atoms with Crippen molar-refractivity contribution >= 4 is 44.9 Å². The summed E-state index contributed by atoms with van der Waals surface area (Å²) in [6.07, 6.45) is 0. The van der Waals surface area contributed by atoms with Crippen LogP contribution in [0.25, 0.3) is 55.3 Å². The van der Waals surface area contributed by atoms with E-state index in [2.05, 4.69) is 254 Å². The van der Waals surface area contributed by atoms with Crippen molar-refractivity contribution in [3.8, 4) is 56.0 Å². The number of benzene rings is 10. The van der Waals surface area contributed by atoms with Gasteiger partial charge < -0.3 is 14.5 Å². The lowest BCUT2D eigenvalue weighted by molar-refractivity contribution is 0.487. The highest BCUT2D eigenvalue weighted by molar-refractivity contribution is 6.13. The second-order valence-electron chi connectivity index (χ2n) is 17.3. The van der Waals surface area contributed by atoms with Gasteiger partial charge in [0.15, 0.2) is 0 Å². The van der Waals surface area contributed by atoms with Gasteiger partial charge in [-0.25, -0.2) is 0 Å². The highest BCUT2D eigenvalue weighted by Crippen LogP contribution is 2.56. The normalized spacial score (nSPS) is 12.8. The minimum atomic E-state index is -0.139. The number of para-hydroxylation sites is 1. The zero-order valence-corrected chi connectivity index (χ0v) is 35.7. The molecule has 3 nitrogen and oxygen atoms in total. The van der Waals surface area contributed by atoms with Crippen LogP contribution in [-0.2, 0) is 5.41 Å². The molecular formula is C61H44N2O. The lowest BCUT2D eigenvalue weighted by Crippen LogP contribution is -2.17. The average Bonchev–Trinajstić information content (AvgIpc) is 3.58. The van der Waals surface area contributed by atoms with Crippen molar-refractivity contribution in [2.24, 2.45) is 0 Å². The van der Waals surface area contributed by atoms with Crippen LogP contribution >= 0.6 is 0 Å². The topological polar surface area (TPSA) is 15.7 Å². The van der Waals surface area contributed by atoms with Gasteiger partial charge in [-0.1, -0.05) is 172 Å². The van der Waals surface area contributed by atoms with Crippen LogP contribution in [0.2, 0.25) is 0 Å². The Kier molecular flexibility index (Phi) is 8.84. The number of nitrogens with zero attached hydrogens (tertiary/aromatic N) is 2. The van der Waals surface area contributed by atoms with E-state index >= 15 is 0 Å². The molecule has 1 aliphatic heterocycles. The third-order valence-corrected chi connectivity index (χ3v) is 13.3. The van der Waals surface area contributed by atoms with E-state index in [1.165, 1.54) is 44.5 Å². The fourth-order valence-corrected chi connectivity index (χ4v) is 10.2. The van der Waals surface area contributed by atoms with Crippen LogP contribution in [0, 0.1) is 0 Å². The van der Waals surface area contributed by atoms with Crippen molar-refractivity contribution in [1.82, 2.24) is 0 Å². The minimum Gasteiger partial charge on any atom is -0.456 e. The third-order valence-electron chi connectivity index (χ3n) is 13.3. The van der Waals surface area contributed by atoms with Crippen molar-refractivity contribution in [2.75, 3.05) is 9.80 Å². The van der Waals surface area contributed by atoms with Crippen molar-refractivity contribution in [3.63, 3.8) is 0 Å². The van der Waals surface area contributed by atoms with E-state index in [9.17, 15) is 0 Å². The molecule has 0 aromatic heterocycles.